The molecule has 0 N–H and O–H groups in total. The van der Waals surface area contributed by atoms with E-state index < -0.39 is 0 Å². The highest BCUT2D eigenvalue weighted by atomic mass is 79.9. The molecule has 0 amide bonds. The molecule has 0 aromatic rings. The lowest BCUT2D eigenvalue weighted by molar-refractivity contribution is -0.116. The summed E-state index contributed by atoms with van der Waals surface area (Å²) < 4.78 is 0. The molecule has 0 heterocycles. The second kappa shape index (κ2) is 4.75. The van der Waals surface area contributed by atoms with Crippen LogP contribution in [0.25, 0.3) is 0 Å². The fourth-order valence-electron chi connectivity index (χ4n) is 0.906. The van der Waals surface area contributed by atoms with Crippen LogP contribution in [0.5, 0.6) is 0 Å². The van der Waals surface area contributed by atoms with Crippen molar-refractivity contribution >= 4 is 37.6 Å². The highest BCUT2D eigenvalue weighted by Gasteiger charge is 2.30. The van der Waals surface area contributed by atoms with Gasteiger partial charge in [0, 0.05) is 4.83 Å². The van der Waals surface area contributed by atoms with Crippen molar-refractivity contribution in [3.63, 3.8) is 0 Å². The molecule has 3 heteroatoms. The average Bonchev–Trinajstić information content (AvgIpc) is 2.53. The molecule has 65 valence electrons. The molecule has 0 aromatic heterocycles. The monoisotopic (exact) mass is 291 g/mol. The van der Waals surface area contributed by atoms with Gasteiger partial charge in [0.05, 0.1) is 10.7 Å². The van der Waals surface area contributed by atoms with E-state index in [0.29, 0.717) is 0 Å². The molecule has 0 spiro atoms. The van der Waals surface area contributed by atoms with Crippen molar-refractivity contribution in [1.82, 2.24) is 0 Å². The third kappa shape index (κ3) is 2.56. The summed E-state index contributed by atoms with van der Waals surface area (Å²) in [4.78, 5) is 11.6. The molecular weight excluding hydrogens is 284 g/mol. The first-order valence-electron chi connectivity index (χ1n) is 3.67. The molecule has 2 atom stereocenters. The minimum absolute atomic E-state index is 0.129. The summed E-state index contributed by atoms with van der Waals surface area (Å²) in [6, 6.07) is 0. The number of hydrogen-bond donors (Lipinski definition) is 0. The third-order valence-corrected chi connectivity index (χ3v) is 4.05. The summed E-state index contributed by atoms with van der Waals surface area (Å²) in [6.45, 7) is 1.94. The number of hydrogen-bond acceptors (Lipinski definition) is 1. The zero-order valence-electron chi connectivity index (χ0n) is 6.63. The van der Waals surface area contributed by atoms with Crippen molar-refractivity contribution < 1.29 is 4.79 Å². The molecule has 1 rings (SSSR count). The molecule has 0 bridgehead atoms. The normalized spacial score (nSPS) is 23.9. The largest absolute Gasteiger partial charge is 0.298 e. The first-order valence-corrected chi connectivity index (χ1v) is 5.50. The molecule has 1 aliphatic rings. The highest BCUT2D eigenvalue weighted by molar-refractivity contribution is 9.12. The van der Waals surface area contributed by atoms with Gasteiger partial charge in [-0.2, -0.15) is 0 Å². The Morgan fingerprint density at radius 3 is 2.25 bits per heavy atom. The fourth-order valence-corrected chi connectivity index (χ4v) is 1.41. The Morgan fingerprint density at radius 2 is 1.83 bits per heavy atom. The van der Waals surface area contributed by atoms with E-state index in [-0.39, 0.29) is 15.4 Å². The number of carbonyl (C=O) groups is 1. The van der Waals surface area contributed by atoms with Crippen molar-refractivity contribution in [3.05, 3.63) is 31.6 Å². The quantitative estimate of drug-likeness (QED) is 0.731. The van der Waals surface area contributed by atoms with Gasteiger partial charge in [-0.05, 0) is 25.7 Å². The fraction of sp³-hybridized carbons (Fsp3) is 0.333. The van der Waals surface area contributed by atoms with E-state index in [2.05, 4.69) is 31.9 Å². The van der Waals surface area contributed by atoms with Gasteiger partial charge < -0.3 is 0 Å². The molecule has 0 saturated heterocycles. The minimum Gasteiger partial charge on any atom is -0.298 e. The minimum atomic E-state index is -0.139. The van der Waals surface area contributed by atoms with Gasteiger partial charge in [-0.1, -0.05) is 38.8 Å². The number of rotatable bonds is 3. The summed E-state index contributed by atoms with van der Waals surface area (Å²) in [7, 11) is 0. The van der Waals surface area contributed by atoms with Crippen LogP contribution < -0.4 is 0 Å². The molecule has 1 aliphatic carbocycles. The highest BCUT2D eigenvalue weighted by Crippen LogP contribution is 2.29. The number of ketones is 1. The molecule has 0 aliphatic heterocycles. The molecule has 1 saturated carbocycles. The summed E-state index contributed by atoms with van der Waals surface area (Å²) in [6.07, 6.45) is 7.38. The van der Waals surface area contributed by atoms with E-state index in [9.17, 15) is 4.79 Å². The lowest BCUT2D eigenvalue weighted by atomic mass is 9.99. The van der Waals surface area contributed by atoms with Crippen LogP contribution in [0.15, 0.2) is 0 Å². The zero-order chi connectivity index (χ0) is 9.14. The Morgan fingerprint density at radius 1 is 1.33 bits per heavy atom. The Hall–Kier alpha value is 0.630. The molecule has 0 aromatic carbocycles. The van der Waals surface area contributed by atoms with Gasteiger partial charge in [-0.15, -0.1) is 0 Å². The maximum Gasteiger partial charge on any atom is 0.155 e. The van der Waals surface area contributed by atoms with E-state index in [0.717, 1.165) is 5.92 Å². The standard InChI is InChI=1S/C9H9Br2O/c1-6(10)8(11)9(12)7-4-2-3-5-7/h2-6,8H,1H3. The predicted octanol–water partition coefficient (Wildman–Crippen LogP) is 2.51. The van der Waals surface area contributed by atoms with Crippen molar-refractivity contribution in [1.29, 1.82) is 0 Å². The van der Waals surface area contributed by atoms with Gasteiger partial charge in [0.15, 0.2) is 5.78 Å². The van der Waals surface area contributed by atoms with Gasteiger partial charge in [-0.25, -0.2) is 0 Å². The van der Waals surface area contributed by atoms with Crippen LogP contribution in [-0.2, 0) is 4.79 Å². The van der Waals surface area contributed by atoms with E-state index in [1.807, 2.05) is 32.6 Å². The molecular formula is C9H9Br2O. The predicted molar refractivity (Wildman–Crippen MR) is 56.6 cm³/mol. The maximum atomic E-state index is 11.6. The van der Waals surface area contributed by atoms with Crippen LogP contribution in [0, 0.1) is 31.6 Å². The van der Waals surface area contributed by atoms with Gasteiger partial charge in [-0.3, -0.25) is 4.79 Å². The van der Waals surface area contributed by atoms with Crippen molar-refractivity contribution in [2.24, 2.45) is 0 Å². The van der Waals surface area contributed by atoms with Crippen LogP contribution in [0.1, 0.15) is 6.92 Å². The SMILES string of the molecule is CC(Br)C(Br)C(=O)[C]1[CH][CH][CH][CH]1. The lowest BCUT2D eigenvalue weighted by Gasteiger charge is -2.14. The third-order valence-electron chi connectivity index (χ3n) is 1.60. The van der Waals surface area contributed by atoms with Crippen LogP contribution in [0.2, 0.25) is 0 Å². The summed E-state index contributed by atoms with van der Waals surface area (Å²) in [5.74, 6) is 0.896. The first-order chi connectivity index (χ1) is 5.63. The van der Waals surface area contributed by atoms with Crippen molar-refractivity contribution in [3.8, 4) is 0 Å². The van der Waals surface area contributed by atoms with Gasteiger partial charge >= 0.3 is 0 Å². The molecule has 2 unspecified atom stereocenters. The average molecular weight is 293 g/mol. The molecule has 1 nitrogen and oxygen atoms in total. The maximum absolute atomic E-state index is 11.6. The van der Waals surface area contributed by atoms with Crippen molar-refractivity contribution in [2.75, 3.05) is 0 Å². The summed E-state index contributed by atoms with van der Waals surface area (Å²) in [5.41, 5.74) is 0. The topological polar surface area (TPSA) is 17.1 Å². The number of halogens is 2. The second-order valence-electron chi connectivity index (χ2n) is 2.62. The van der Waals surface area contributed by atoms with E-state index >= 15 is 0 Å². The second-order valence-corrected chi connectivity index (χ2v) is 5.05. The van der Waals surface area contributed by atoms with E-state index in [1.165, 1.54) is 0 Å². The Labute approximate surface area is 90.5 Å². The lowest BCUT2D eigenvalue weighted by Crippen LogP contribution is -2.26. The van der Waals surface area contributed by atoms with Gasteiger partial charge in [0.2, 0.25) is 0 Å². The Kier molecular flexibility index (Phi) is 4.24. The molecule has 12 heavy (non-hydrogen) atoms. The van der Waals surface area contributed by atoms with E-state index in [1.54, 1.807) is 0 Å². The summed E-state index contributed by atoms with van der Waals surface area (Å²) in [5, 5.41) is 0. The number of carbonyl (C=O) groups excluding carboxylic acids is 1. The Balaban J connectivity index is 2.45. The Bertz CT molecular complexity index is 158. The van der Waals surface area contributed by atoms with Crippen molar-refractivity contribution in [2.45, 2.75) is 16.6 Å². The molecule has 5 radical (unpaired) electrons. The van der Waals surface area contributed by atoms with Crippen LogP contribution >= 0.6 is 31.9 Å². The molecule has 1 fully saturated rings. The van der Waals surface area contributed by atoms with E-state index in [4.69, 9.17) is 0 Å². The first kappa shape index (κ1) is 10.7. The summed E-state index contributed by atoms with van der Waals surface area (Å²) >= 11 is 6.69. The zero-order valence-corrected chi connectivity index (χ0v) is 9.80. The van der Waals surface area contributed by atoms with Crippen LogP contribution in [0.3, 0.4) is 0 Å². The van der Waals surface area contributed by atoms with Gasteiger partial charge in [0.25, 0.3) is 0 Å². The number of alkyl halides is 2. The smallest absolute Gasteiger partial charge is 0.155 e. The number of Topliss-reactive ketones (excluding diaryl/α,β-unsaturated/α-hetero) is 1. The van der Waals surface area contributed by atoms with Crippen LogP contribution in [-0.4, -0.2) is 15.4 Å². The van der Waals surface area contributed by atoms with Gasteiger partial charge in [0.1, 0.15) is 0 Å². The van der Waals surface area contributed by atoms with Crippen LogP contribution in [0.4, 0.5) is 0 Å².